The number of pyridine rings is 1. The Kier molecular flexibility index (Phi) is 3.94. The van der Waals surface area contributed by atoms with E-state index in [1.54, 1.807) is 6.07 Å². The highest BCUT2D eigenvalue weighted by Gasteiger charge is 2.19. The molecule has 1 aliphatic heterocycles. The smallest absolute Gasteiger partial charge is 0.193 e. The molecule has 0 saturated carbocycles. The summed E-state index contributed by atoms with van der Waals surface area (Å²) in [6, 6.07) is 5.84. The van der Waals surface area contributed by atoms with Crippen molar-refractivity contribution in [2.75, 3.05) is 31.1 Å². The molecular weight excluding hydrogens is 274 g/mol. The maximum Gasteiger partial charge on any atom is 0.193 e. The predicted molar refractivity (Wildman–Crippen MR) is 80.2 cm³/mol. The standard InChI is InChI=1S/C15H18ClN3O/c1-12-10-17-5-4-14(12)19-8-6-18(7-9-19)11-13-2-3-15(16)20-13/h2-5,10H,6-9,11H2,1H3. The summed E-state index contributed by atoms with van der Waals surface area (Å²) in [5, 5.41) is 0.464. The molecule has 0 aromatic carbocycles. The molecule has 0 aliphatic carbocycles. The van der Waals surface area contributed by atoms with Crippen LogP contribution in [0.15, 0.2) is 35.0 Å². The molecule has 4 nitrogen and oxygen atoms in total. The second-order valence-electron chi connectivity index (χ2n) is 5.13. The van der Waals surface area contributed by atoms with E-state index in [1.807, 2.05) is 18.5 Å². The summed E-state index contributed by atoms with van der Waals surface area (Å²) in [5.41, 5.74) is 2.53. The van der Waals surface area contributed by atoms with Crippen LogP contribution in [0.3, 0.4) is 0 Å². The van der Waals surface area contributed by atoms with Crippen LogP contribution in [0.1, 0.15) is 11.3 Å². The van der Waals surface area contributed by atoms with Crippen LogP contribution in [0.25, 0.3) is 0 Å². The molecule has 0 atom stereocenters. The molecule has 0 bridgehead atoms. The normalized spacial score (nSPS) is 16.6. The van der Waals surface area contributed by atoms with E-state index < -0.39 is 0 Å². The molecule has 0 amide bonds. The zero-order chi connectivity index (χ0) is 13.9. The number of aromatic nitrogens is 1. The molecule has 2 aromatic heterocycles. The van der Waals surface area contributed by atoms with Gasteiger partial charge in [-0.25, -0.2) is 0 Å². The third kappa shape index (κ3) is 2.97. The van der Waals surface area contributed by atoms with Crippen molar-refractivity contribution in [1.29, 1.82) is 0 Å². The van der Waals surface area contributed by atoms with Crippen LogP contribution in [0.2, 0.25) is 5.22 Å². The number of aryl methyl sites for hydroxylation is 1. The Balaban J connectivity index is 1.58. The fourth-order valence-corrected chi connectivity index (χ4v) is 2.79. The number of piperazine rings is 1. The first-order valence-electron chi connectivity index (χ1n) is 6.84. The first kappa shape index (κ1) is 13.5. The van der Waals surface area contributed by atoms with Gasteiger partial charge in [-0.1, -0.05) is 0 Å². The van der Waals surface area contributed by atoms with Crippen LogP contribution in [-0.4, -0.2) is 36.1 Å². The number of furan rings is 1. The molecule has 3 heterocycles. The minimum absolute atomic E-state index is 0.464. The minimum atomic E-state index is 0.464. The Hall–Kier alpha value is -1.52. The molecule has 1 saturated heterocycles. The molecule has 5 heteroatoms. The van der Waals surface area contributed by atoms with Gasteiger partial charge in [0.05, 0.1) is 6.54 Å². The first-order chi connectivity index (χ1) is 9.72. The summed E-state index contributed by atoms with van der Waals surface area (Å²) in [7, 11) is 0. The van der Waals surface area contributed by atoms with Crippen molar-refractivity contribution in [1.82, 2.24) is 9.88 Å². The molecule has 106 valence electrons. The molecule has 20 heavy (non-hydrogen) atoms. The van der Waals surface area contributed by atoms with Crippen molar-refractivity contribution in [2.45, 2.75) is 13.5 Å². The lowest BCUT2D eigenvalue weighted by atomic mass is 10.2. The van der Waals surface area contributed by atoms with E-state index >= 15 is 0 Å². The third-order valence-corrected chi connectivity index (χ3v) is 3.92. The van der Waals surface area contributed by atoms with Crippen molar-refractivity contribution in [3.63, 3.8) is 0 Å². The number of hydrogen-bond acceptors (Lipinski definition) is 4. The topological polar surface area (TPSA) is 32.5 Å². The summed E-state index contributed by atoms with van der Waals surface area (Å²) < 4.78 is 5.42. The summed E-state index contributed by atoms with van der Waals surface area (Å²) in [6.45, 7) is 7.05. The number of rotatable bonds is 3. The minimum Gasteiger partial charge on any atom is -0.448 e. The maximum atomic E-state index is 5.80. The Morgan fingerprint density at radius 3 is 2.65 bits per heavy atom. The third-order valence-electron chi connectivity index (χ3n) is 3.71. The van der Waals surface area contributed by atoms with Gasteiger partial charge in [-0.15, -0.1) is 0 Å². The lowest BCUT2D eigenvalue weighted by molar-refractivity contribution is 0.230. The van der Waals surface area contributed by atoms with E-state index in [-0.39, 0.29) is 0 Å². The SMILES string of the molecule is Cc1cnccc1N1CCN(Cc2ccc(Cl)o2)CC1. The fourth-order valence-electron chi connectivity index (χ4n) is 2.62. The van der Waals surface area contributed by atoms with Gasteiger partial charge in [0.2, 0.25) is 0 Å². The zero-order valence-electron chi connectivity index (χ0n) is 11.6. The monoisotopic (exact) mass is 291 g/mol. The Morgan fingerprint density at radius 2 is 2.00 bits per heavy atom. The van der Waals surface area contributed by atoms with E-state index in [2.05, 4.69) is 27.8 Å². The number of halogens is 1. The molecule has 0 radical (unpaired) electrons. The Labute approximate surface area is 124 Å². The van der Waals surface area contributed by atoms with Crippen molar-refractivity contribution in [3.05, 3.63) is 47.1 Å². The highest BCUT2D eigenvalue weighted by atomic mass is 35.5. The Bertz CT molecular complexity index is 576. The van der Waals surface area contributed by atoms with Crippen molar-refractivity contribution >= 4 is 17.3 Å². The molecule has 2 aromatic rings. The molecular formula is C15H18ClN3O. The summed E-state index contributed by atoms with van der Waals surface area (Å²) >= 11 is 5.80. The van der Waals surface area contributed by atoms with Crippen LogP contribution >= 0.6 is 11.6 Å². The van der Waals surface area contributed by atoms with E-state index in [9.17, 15) is 0 Å². The second-order valence-corrected chi connectivity index (χ2v) is 5.50. The van der Waals surface area contributed by atoms with Gasteiger partial charge < -0.3 is 9.32 Å². The van der Waals surface area contributed by atoms with Gasteiger partial charge in [0.1, 0.15) is 5.76 Å². The van der Waals surface area contributed by atoms with Crippen LogP contribution in [0.4, 0.5) is 5.69 Å². The second kappa shape index (κ2) is 5.85. The summed E-state index contributed by atoms with van der Waals surface area (Å²) in [5.74, 6) is 0.934. The molecule has 1 fully saturated rings. The van der Waals surface area contributed by atoms with Gasteiger partial charge in [0, 0.05) is 44.3 Å². The first-order valence-corrected chi connectivity index (χ1v) is 7.22. The molecule has 0 spiro atoms. The highest BCUT2D eigenvalue weighted by molar-refractivity contribution is 6.28. The zero-order valence-corrected chi connectivity index (χ0v) is 12.3. The lowest BCUT2D eigenvalue weighted by Gasteiger charge is -2.36. The van der Waals surface area contributed by atoms with Crippen LogP contribution in [0, 0.1) is 6.92 Å². The van der Waals surface area contributed by atoms with E-state index in [1.165, 1.54) is 11.3 Å². The maximum absolute atomic E-state index is 5.80. The van der Waals surface area contributed by atoms with E-state index in [0.29, 0.717) is 5.22 Å². The number of anilines is 1. The van der Waals surface area contributed by atoms with Crippen molar-refractivity contribution in [2.24, 2.45) is 0 Å². The van der Waals surface area contributed by atoms with E-state index in [0.717, 1.165) is 38.5 Å². The lowest BCUT2D eigenvalue weighted by Crippen LogP contribution is -2.46. The van der Waals surface area contributed by atoms with Crippen LogP contribution < -0.4 is 4.90 Å². The number of hydrogen-bond donors (Lipinski definition) is 0. The van der Waals surface area contributed by atoms with Crippen LogP contribution in [0.5, 0.6) is 0 Å². The molecule has 0 N–H and O–H groups in total. The van der Waals surface area contributed by atoms with Gasteiger partial charge in [0.25, 0.3) is 0 Å². The van der Waals surface area contributed by atoms with Gasteiger partial charge in [-0.3, -0.25) is 9.88 Å². The molecule has 3 rings (SSSR count). The van der Waals surface area contributed by atoms with Gasteiger partial charge >= 0.3 is 0 Å². The number of nitrogens with zero attached hydrogens (tertiary/aromatic N) is 3. The quantitative estimate of drug-likeness (QED) is 0.870. The van der Waals surface area contributed by atoms with Gasteiger partial charge in [-0.2, -0.15) is 0 Å². The predicted octanol–water partition coefficient (Wildman–Crippen LogP) is 2.96. The van der Waals surface area contributed by atoms with Crippen molar-refractivity contribution < 1.29 is 4.42 Å². The van der Waals surface area contributed by atoms with E-state index in [4.69, 9.17) is 16.0 Å². The largest absolute Gasteiger partial charge is 0.448 e. The van der Waals surface area contributed by atoms with Crippen LogP contribution in [-0.2, 0) is 6.54 Å². The fraction of sp³-hybridized carbons (Fsp3) is 0.400. The molecule has 1 aliphatic rings. The van der Waals surface area contributed by atoms with Gasteiger partial charge in [0.15, 0.2) is 5.22 Å². The summed E-state index contributed by atoms with van der Waals surface area (Å²) in [6.07, 6.45) is 3.78. The Morgan fingerprint density at radius 1 is 1.20 bits per heavy atom. The van der Waals surface area contributed by atoms with Gasteiger partial charge in [-0.05, 0) is 42.3 Å². The summed E-state index contributed by atoms with van der Waals surface area (Å²) in [4.78, 5) is 8.96. The average Bonchev–Trinajstić information content (AvgIpc) is 2.86. The highest BCUT2D eigenvalue weighted by Crippen LogP contribution is 2.21. The van der Waals surface area contributed by atoms with Crippen molar-refractivity contribution in [3.8, 4) is 0 Å². The average molecular weight is 292 g/mol. The molecule has 0 unspecified atom stereocenters.